The fourth-order valence-corrected chi connectivity index (χ4v) is 7.29. The van der Waals surface area contributed by atoms with E-state index in [2.05, 4.69) is 21.3 Å². The van der Waals surface area contributed by atoms with Crippen molar-refractivity contribution in [1.29, 1.82) is 5.26 Å². The number of carbonyl (C=O) groups is 1. The molecule has 0 radical (unpaired) electrons. The first-order chi connectivity index (χ1) is 15.7. The maximum Gasteiger partial charge on any atom is 0.393 e. The number of nitrogens with zero attached hydrogens (tertiary/aromatic N) is 4. The van der Waals surface area contributed by atoms with E-state index in [1.807, 2.05) is 4.90 Å². The van der Waals surface area contributed by atoms with E-state index in [4.69, 9.17) is 0 Å². The summed E-state index contributed by atoms with van der Waals surface area (Å²) in [5.74, 6) is 0.664. The number of hydrogen-bond acceptors (Lipinski definition) is 6. The Bertz CT molecular complexity index is 1150. The highest BCUT2D eigenvalue weighted by Crippen LogP contribution is 2.46. The van der Waals surface area contributed by atoms with Gasteiger partial charge in [-0.3, -0.25) is 4.79 Å². The van der Waals surface area contributed by atoms with Gasteiger partial charge in [-0.25, -0.2) is 4.98 Å². The number of likely N-dealkylation sites (tertiary alicyclic amines) is 1. The molecule has 1 N–H and O–H groups in total. The molecular weight excluding hydrogens is 451 g/mol. The van der Waals surface area contributed by atoms with Crippen LogP contribution in [0.4, 0.5) is 18.9 Å². The van der Waals surface area contributed by atoms with E-state index in [0.29, 0.717) is 59.6 Å². The number of nitriles is 1. The number of amides is 1. The van der Waals surface area contributed by atoms with Crippen molar-refractivity contribution in [3.63, 3.8) is 0 Å². The number of pyridine rings is 1. The lowest BCUT2D eigenvalue weighted by atomic mass is 9.70. The van der Waals surface area contributed by atoms with Gasteiger partial charge in [0.05, 0.1) is 23.7 Å². The minimum absolute atomic E-state index is 0.0104. The van der Waals surface area contributed by atoms with Crippen molar-refractivity contribution in [3.8, 4) is 6.07 Å². The maximum atomic E-state index is 13.0. The van der Waals surface area contributed by atoms with Gasteiger partial charge < -0.3 is 15.1 Å². The first-order valence-electron chi connectivity index (χ1n) is 11.4. The molecule has 4 aliphatic heterocycles. The number of rotatable bonds is 3. The van der Waals surface area contributed by atoms with Gasteiger partial charge in [-0.1, -0.05) is 0 Å². The van der Waals surface area contributed by atoms with Crippen LogP contribution in [-0.4, -0.2) is 60.2 Å². The van der Waals surface area contributed by atoms with Crippen LogP contribution in [0.2, 0.25) is 0 Å². The second-order valence-corrected chi connectivity index (χ2v) is 11.3. The van der Waals surface area contributed by atoms with Gasteiger partial charge in [-0.05, 0) is 37.7 Å². The van der Waals surface area contributed by atoms with Crippen molar-refractivity contribution in [3.05, 3.63) is 22.7 Å². The van der Waals surface area contributed by atoms with E-state index in [9.17, 15) is 23.2 Å². The molecule has 6 heterocycles. The van der Waals surface area contributed by atoms with Crippen LogP contribution in [0, 0.1) is 22.7 Å². The van der Waals surface area contributed by atoms with Crippen LogP contribution in [0.1, 0.15) is 36.1 Å². The molecule has 0 unspecified atom stereocenters. The normalized spacial score (nSPS) is 28.0. The van der Waals surface area contributed by atoms with Crippen molar-refractivity contribution < 1.29 is 18.0 Å². The summed E-state index contributed by atoms with van der Waals surface area (Å²) in [4.78, 5) is 22.0. The molecule has 1 atom stereocenters. The molecule has 2 bridgehead atoms. The number of piperidine rings is 2. The lowest BCUT2D eigenvalue weighted by molar-refractivity contribution is -0.151. The van der Waals surface area contributed by atoms with Gasteiger partial charge in [0.15, 0.2) is 0 Å². The van der Waals surface area contributed by atoms with Gasteiger partial charge in [0.1, 0.15) is 10.9 Å². The predicted octanol–water partition coefficient (Wildman–Crippen LogP) is 3.45. The Labute approximate surface area is 193 Å². The first-order valence-corrected chi connectivity index (χ1v) is 12.2. The fraction of sp³-hybridized carbons (Fsp3) is 0.609. The van der Waals surface area contributed by atoms with E-state index in [1.165, 1.54) is 25.1 Å². The molecule has 10 heteroatoms. The molecule has 5 aliphatic rings. The summed E-state index contributed by atoms with van der Waals surface area (Å²) in [7, 11) is 0. The molecule has 2 aromatic rings. The lowest BCUT2D eigenvalue weighted by Crippen LogP contribution is -2.75. The van der Waals surface area contributed by atoms with Crippen molar-refractivity contribution in [2.24, 2.45) is 11.3 Å². The van der Waals surface area contributed by atoms with Gasteiger partial charge in [0.25, 0.3) is 0 Å². The monoisotopic (exact) mass is 475 g/mol. The van der Waals surface area contributed by atoms with Crippen molar-refractivity contribution in [2.75, 3.05) is 31.1 Å². The second-order valence-electron chi connectivity index (χ2n) is 10.2. The van der Waals surface area contributed by atoms with Crippen LogP contribution >= 0.6 is 11.3 Å². The predicted molar refractivity (Wildman–Crippen MR) is 118 cm³/mol. The number of hydrogen-bond donors (Lipinski definition) is 1. The van der Waals surface area contributed by atoms with E-state index >= 15 is 0 Å². The van der Waals surface area contributed by atoms with E-state index in [-0.39, 0.29) is 22.2 Å². The van der Waals surface area contributed by atoms with Crippen LogP contribution in [-0.2, 0) is 11.2 Å². The lowest BCUT2D eigenvalue weighted by Gasteiger charge is -2.62. The topological polar surface area (TPSA) is 72.3 Å². The van der Waals surface area contributed by atoms with Crippen LogP contribution in [0.5, 0.6) is 0 Å². The molecule has 33 heavy (non-hydrogen) atoms. The van der Waals surface area contributed by atoms with Crippen molar-refractivity contribution in [2.45, 2.75) is 50.4 Å². The van der Waals surface area contributed by atoms with Crippen LogP contribution in [0.3, 0.4) is 0 Å². The maximum absolute atomic E-state index is 13.0. The molecule has 7 rings (SSSR count). The Hall–Kier alpha value is -2.38. The number of halogens is 3. The number of fused-ring (bicyclic) bond motifs is 4. The summed E-state index contributed by atoms with van der Waals surface area (Å²) < 4.78 is 38.6. The zero-order chi connectivity index (χ0) is 23.0. The third-order valence-electron chi connectivity index (χ3n) is 7.74. The van der Waals surface area contributed by atoms with Crippen LogP contribution in [0.25, 0.3) is 10.2 Å². The highest BCUT2D eigenvalue weighted by Gasteiger charge is 2.55. The summed E-state index contributed by atoms with van der Waals surface area (Å²) in [6.45, 7) is 2.80. The molecule has 174 valence electrons. The molecule has 1 aliphatic carbocycles. The molecule has 1 saturated carbocycles. The van der Waals surface area contributed by atoms with Crippen molar-refractivity contribution >= 4 is 33.1 Å². The number of anilines is 1. The minimum Gasteiger partial charge on any atom is -0.368 e. The molecule has 2 aromatic heterocycles. The van der Waals surface area contributed by atoms with Gasteiger partial charge >= 0.3 is 6.18 Å². The first kappa shape index (κ1) is 21.2. The Morgan fingerprint density at radius 3 is 2.58 bits per heavy atom. The molecule has 0 aromatic carbocycles. The Morgan fingerprint density at radius 2 is 1.97 bits per heavy atom. The summed E-state index contributed by atoms with van der Waals surface area (Å²) in [6.07, 6.45) is 0.781. The number of thiophene rings is 1. The zero-order valence-corrected chi connectivity index (χ0v) is 18.8. The Kier molecular flexibility index (Phi) is 4.69. The average molecular weight is 476 g/mol. The summed E-state index contributed by atoms with van der Waals surface area (Å²) in [6, 6.07) is 4.11. The Balaban J connectivity index is 1.16. The van der Waals surface area contributed by atoms with E-state index < -0.39 is 12.6 Å². The van der Waals surface area contributed by atoms with Gasteiger partial charge in [0.2, 0.25) is 5.91 Å². The highest BCUT2D eigenvalue weighted by molar-refractivity contribution is 7.18. The van der Waals surface area contributed by atoms with Gasteiger partial charge in [0, 0.05) is 54.1 Å². The second kappa shape index (κ2) is 7.31. The number of aromatic nitrogens is 1. The number of alkyl halides is 3. The smallest absolute Gasteiger partial charge is 0.368 e. The van der Waals surface area contributed by atoms with E-state index in [1.54, 1.807) is 0 Å². The summed E-state index contributed by atoms with van der Waals surface area (Å²) in [5.41, 5.74) is 1.06. The molecule has 1 spiro atoms. The van der Waals surface area contributed by atoms with Gasteiger partial charge in [-0.2, -0.15) is 18.4 Å². The largest absolute Gasteiger partial charge is 0.393 e. The third kappa shape index (κ3) is 3.56. The number of carbonyl (C=O) groups excluding carboxylic acids is 1. The van der Waals surface area contributed by atoms with Crippen LogP contribution < -0.4 is 10.2 Å². The molecule has 5 fully saturated rings. The molecule has 6 nitrogen and oxygen atoms in total. The SMILES string of the molecule is N#Cc1cnc2sc(CC(F)(F)F)cc2c1N1CC2(CN(C(=O)[C@H]3NC4CCC3CC4)C2)C1. The molecular formula is C23H24F3N5OS. The summed E-state index contributed by atoms with van der Waals surface area (Å²) >= 11 is 1.03. The fourth-order valence-electron chi connectivity index (χ4n) is 6.25. The van der Waals surface area contributed by atoms with Crippen molar-refractivity contribution in [1.82, 2.24) is 15.2 Å². The minimum atomic E-state index is -4.28. The third-order valence-corrected chi connectivity index (χ3v) is 8.78. The van der Waals surface area contributed by atoms with Gasteiger partial charge in [-0.15, -0.1) is 11.3 Å². The highest BCUT2D eigenvalue weighted by atomic mass is 32.1. The zero-order valence-electron chi connectivity index (χ0n) is 18.0. The molecule has 4 saturated heterocycles. The van der Waals surface area contributed by atoms with Crippen LogP contribution in [0.15, 0.2) is 12.3 Å². The Morgan fingerprint density at radius 1 is 1.24 bits per heavy atom. The number of nitrogens with one attached hydrogen (secondary N) is 1. The summed E-state index contributed by atoms with van der Waals surface area (Å²) in [5, 5.41) is 13.7. The standard InChI is InChI=1S/C23H24F3N5OS/c24-23(25,26)6-16-5-17-19(14(7-27)8-28-20(17)33-16)30-9-22(10-30)11-31(12-22)21(32)18-13-1-3-15(29-18)4-2-13/h5,8,13,15,18,29H,1-4,6,9-12H2/t13?,15?,18-/m0/s1. The quantitative estimate of drug-likeness (QED) is 0.736. The average Bonchev–Trinajstić information content (AvgIpc) is 3.13. The van der Waals surface area contributed by atoms with E-state index in [0.717, 1.165) is 24.2 Å². The molecule has 1 amide bonds.